The van der Waals surface area contributed by atoms with Gasteiger partial charge in [0.2, 0.25) is 0 Å². The van der Waals surface area contributed by atoms with E-state index in [9.17, 15) is 0 Å². The summed E-state index contributed by atoms with van der Waals surface area (Å²) in [5, 5.41) is 3.27. The fourth-order valence-electron chi connectivity index (χ4n) is 1.29. The van der Waals surface area contributed by atoms with Gasteiger partial charge in [0, 0.05) is 13.7 Å². The van der Waals surface area contributed by atoms with Crippen LogP contribution < -0.4 is 10.1 Å². The largest absolute Gasteiger partial charge is 0.491 e. The SMILES string of the molecule is COCCNCCCOc1c(Br)cccc1Br. The number of halogens is 2. The molecule has 0 radical (unpaired) electrons. The highest BCUT2D eigenvalue weighted by Crippen LogP contribution is 2.32. The van der Waals surface area contributed by atoms with Crippen LogP contribution in [0.4, 0.5) is 0 Å². The average Bonchev–Trinajstić information content (AvgIpc) is 2.31. The number of nitrogens with one attached hydrogen (secondary N) is 1. The van der Waals surface area contributed by atoms with Crippen molar-refractivity contribution in [1.29, 1.82) is 0 Å². The molecule has 0 bridgehead atoms. The zero-order chi connectivity index (χ0) is 12.5. The van der Waals surface area contributed by atoms with Crippen molar-refractivity contribution in [2.24, 2.45) is 0 Å². The molecule has 0 unspecified atom stereocenters. The zero-order valence-electron chi connectivity index (χ0n) is 9.84. The molecular weight excluding hydrogens is 350 g/mol. The highest BCUT2D eigenvalue weighted by Gasteiger charge is 2.04. The molecular formula is C12H17Br2NO2. The van der Waals surface area contributed by atoms with E-state index in [1.165, 1.54) is 0 Å². The lowest BCUT2D eigenvalue weighted by Crippen LogP contribution is -2.21. The summed E-state index contributed by atoms with van der Waals surface area (Å²) in [5.74, 6) is 0.865. The molecule has 0 saturated carbocycles. The van der Waals surface area contributed by atoms with Crippen LogP contribution in [0.25, 0.3) is 0 Å². The van der Waals surface area contributed by atoms with Crippen LogP contribution in [-0.4, -0.2) is 33.4 Å². The van der Waals surface area contributed by atoms with Crippen LogP contribution in [0.3, 0.4) is 0 Å². The van der Waals surface area contributed by atoms with E-state index >= 15 is 0 Å². The van der Waals surface area contributed by atoms with Gasteiger partial charge in [-0.2, -0.15) is 0 Å². The molecule has 0 saturated heterocycles. The Labute approximate surface area is 119 Å². The van der Waals surface area contributed by atoms with Crippen molar-refractivity contribution in [3.05, 3.63) is 27.1 Å². The first kappa shape index (κ1) is 15.0. The quantitative estimate of drug-likeness (QED) is 0.716. The van der Waals surface area contributed by atoms with E-state index in [0.717, 1.165) is 40.8 Å². The zero-order valence-corrected chi connectivity index (χ0v) is 13.0. The van der Waals surface area contributed by atoms with Crippen molar-refractivity contribution >= 4 is 31.9 Å². The molecule has 1 aromatic carbocycles. The van der Waals surface area contributed by atoms with Crippen LogP contribution in [0.2, 0.25) is 0 Å². The maximum Gasteiger partial charge on any atom is 0.147 e. The van der Waals surface area contributed by atoms with Crippen LogP contribution in [-0.2, 0) is 4.74 Å². The number of para-hydroxylation sites is 1. The van der Waals surface area contributed by atoms with Gasteiger partial charge in [-0.25, -0.2) is 0 Å². The summed E-state index contributed by atoms with van der Waals surface area (Å²) < 4.78 is 12.6. The molecule has 1 aromatic rings. The van der Waals surface area contributed by atoms with Gasteiger partial charge in [-0.15, -0.1) is 0 Å². The van der Waals surface area contributed by atoms with Gasteiger partial charge in [0.15, 0.2) is 0 Å². The fraction of sp³-hybridized carbons (Fsp3) is 0.500. The fourth-order valence-corrected chi connectivity index (χ4v) is 2.52. The van der Waals surface area contributed by atoms with E-state index in [1.54, 1.807) is 7.11 Å². The summed E-state index contributed by atoms with van der Waals surface area (Å²) in [6, 6.07) is 5.90. The highest BCUT2D eigenvalue weighted by atomic mass is 79.9. The van der Waals surface area contributed by atoms with Crippen LogP contribution >= 0.6 is 31.9 Å². The van der Waals surface area contributed by atoms with Crippen LogP contribution in [0.15, 0.2) is 27.1 Å². The molecule has 1 N–H and O–H groups in total. The van der Waals surface area contributed by atoms with Crippen molar-refractivity contribution in [3.8, 4) is 5.75 Å². The Morgan fingerprint density at radius 3 is 2.47 bits per heavy atom. The second-order valence-electron chi connectivity index (χ2n) is 3.50. The first-order chi connectivity index (χ1) is 8.25. The molecule has 96 valence electrons. The van der Waals surface area contributed by atoms with E-state index in [-0.39, 0.29) is 0 Å². The van der Waals surface area contributed by atoms with Gasteiger partial charge < -0.3 is 14.8 Å². The second-order valence-corrected chi connectivity index (χ2v) is 5.20. The van der Waals surface area contributed by atoms with Crippen LogP contribution in [0.5, 0.6) is 5.75 Å². The van der Waals surface area contributed by atoms with E-state index < -0.39 is 0 Å². The summed E-state index contributed by atoms with van der Waals surface area (Å²) in [5.41, 5.74) is 0. The standard InChI is InChI=1S/C12H17Br2NO2/c1-16-9-7-15-6-3-8-17-12-10(13)4-2-5-11(12)14/h2,4-5,15H,3,6-9H2,1H3. The van der Waals surface area contributed by atoms with Crippen molar-refractivity contribution in [3.63, 3.8) is 0 Å². The minimum absolute atomic E-state index is 0.696. The molecule has 0 aromatic heterocycles. The monoisotopic (exact) mass is 365 g/mol. The van der Waals surface area contributed by atoms with Gasteiger partial charge in [-0.1, -0.05) is 6.07 Å². The van der Waals surface area contributed by atoms with Gasteiger partial charge in [0.25, 0.3) is 0 Å². The minimum atomic E-state index is 0.696. The predicted octanol–water partition coefficient (Wildman–Crippen LogP) is 3.22. The molecule has 3 nitrogen and oxygen atoms in total. The molecule has 0 heterocycles. The third-order valence-corrected chi connectivity index (χ3v) is 3.40. The van der Waals surface area contributed by atoms with Gasteiger partial charge in [-0.3, -0.25) is 0 Å². The summed E-state index contributed by atoms with van der Waals surface area (Å²) in [7, 11) is 1.70. The van der Waals surface area contributed by atoms with Gasteiger partial charge in [0.1, 0.15) is 5.75 Å². The number of hydrogen-bond donors (Lipinski definition) is 1. The normalized spacial score (nSPS) is 10.5. The second kappa shape index (κ2) is 8.91. The molecule has 17 heavy (non-hydrogen) atoms. The molecule has 0 spiro atoms. The number of ether oxygens (including phenoxy) is 2. The topological polar surface area (TPSA) is 30.5 Å². The Morgan fingerprint density at radius 1 is 1.12 bits per heavy atom. The number of rotatable bonds is 8. The third-order valence-electron chi connectivity index (χ3n) is 2.15. The van der Waals surface area contributed by atoms with Gasteiger partial charge in [-0.05, 0) is 57.0 Å². The average molecular weight is 367 g/mol. The van der Waals surface area contributed by atoms with Crippen LogP contribution in [0.1, 0.15) is 6.42 Å². The van der Waals surface area contributed by atoms with Crippen molar-refractivity contribution < 1.29 is 9.47 Å². The minimum Gasteiger partial charge on any atom is -0.491 e. The summed E-state index contributed by atoms with van der Waals surface area (Å²) in [6.07, 6.45) is 0.970. The molecule has 0 atom stereocenters. The molecule has 0 aliphatic rings. The van der Waals surface area contributed by atoms with Crippen molar-refractivity contribution in [1.82, 2.24) is 5.32 Å². The maximum atomic E-state index is 5.71. The van der Waals surface area contributed by atoms with E-state index in [2.05, 4.69) is 37.2 Å². The Bertz CT molecular complexity index is 314. The summed E-state index contributed by atoms with van der Waals surface area (Å²) in [4.78, 5) is 0. The molecule has 0 amide bonds. The van der Waals surface area contributed by atoms with Gasteiger partial charge in [0.05, 0.1) is 22.2 Å². The molecule has 5 heteroatoms. The first-order valence-corrected chi connectivity index (χ1v) is 7.10. The Hall–Kier alpha value is -0.100. The number of benzene rings is 1. The van der Waals surface area contributed by atoms with E-state index in [4.69, 9.17) is 9.47 Å². The smallest absolute Gasteiger partial charge is 0.147 e. The predicted molar refractivity (Wildman–Crippen MR) is 76.7 cm³/mol. The molecule has 0 aliphatic heterocycles. The molecule has 1 rings (SSSR count). The molecule has 0 aliphatic carbocycles. The highest BCUT2D eigenvalue weighted by molar-refractivity contribution is 9.11. The molecule has 0 fully saturated rings. The first-order valence-electron chi connectivity index (χ1n) is 5.52. The van der Waals surface area contributed by atoms with Crippen LogP contribution in [0, 0.1) is 0 Å². The number of methoxy groups -OCH3 is 1. The van der Waals surface area contributed by atoms with Crippen molar-refractivity contribution in [2.45, 2.75) is 6.42 Å². The Morgan fingerprint density at radius 2 is 1.82 bits per heavy atom. The van der Waals surface area contributed by atoms with Crippen molar-refractivity contribution in [2.75, 3.05) is 33.4 Å². The Balaban J connectivity index is 2.18. The lowest BCUT2D eigenvalue weighted by Gasteiger charge is -2.10. The third kappa shape index (κ3) is 5.86. The maximum absolute atomic E-state index is 5.71. The summed E-state index contributed by atoms with van der Waals surface area (Å²) in [6.45, 7) is 3.26. The van der Waals surface area contributed by atoms with Gasteiger partial charge >= 0.3 is 0 Å². The lowest BCUT2D eigenvalue weighted by molar-refractivity contribution is 0.198. The lowest BCUT2D eigenvalue weighted by atomic mass is 10.3. The Kier molecular flexibility index (Phi) is 7.84. The number of hydrogen-bond acceptors (Lipinski definition) is 3. The van der Waals surface area contributed by atoms with E-state index in [1.807, 2.05) is 18.2 Å². The van der Waals surface area contributed by atoms with E-state index in [0.29, 0.717) is 6.61 Å². The summed E-state index contributed by atoms with van der Waals surface area (Å²) >= 11 is 6.93.